The third-order valence-corrected chi connectivity index (χ3v) is 9.59. The Morgan fingerprint density at radius 2 is 1.65 bits per heavy atom. The highest BCUT2D eigenvalue weighted by Crippen LogP contribution is 2.52. The van der Waals surface area contributed by atoms with Gasteiger partial charge in [0.15, 0.2) is 0 Å². The number of alkyl carbamates (subject to hydrolysis) is 1. The van der Waals surface area contributed by atoms with Gasteiger partial charge in [-0.3, -0.25) is 9.59 Å². The van der Waals surface area contributed by atoms with E-state index in [9.17, 15) is 14.4 Å². The maximum atomic E-state index is 14.1. The van der Waals surface area contributed by atoms with Crippen molar-refractivity contribution >= 4 is 28.8 Å². The van der Waals surface area contributed by atoms with Crippen LogP contribution in [0.5, 0.6) is 0 Å². The Labute approximate surface area is 254 Å². The smallest absolute Gasteiger partial charge is 0.408 e. The summed E-state index contributed by atoms with van der Waals surface area (Å²) >= 11 is 0. The van der Waals surface area contributed by atoms with Gasteiger partial charge in [0.1, 0.15) is 11.6 Å². The molecule has 3 aliphatic rings. The Hall–Kier alpha value is -3.81. The predicted octanol–water partition coefficient (Wildman–Crippen LogP) is 5.66. The van der Waals surface area contributed by atoms with Crippen LogP contribution in [0.4, 0.5) is 4.79 Å². The summed E-state index contributed by atoms with van der Waals surface area (Å²) in [5, 5.41) is 3.93. The van der Waals surface area contributed by atoms with Gasteiger partial charge in [0.25, 0.3) is 0 Å². The van der Waals surface area contributed by atoms with E-state index < -0.39 is 17.7 Å². The van der Waals surface area contributed by atoms with Crippen LogP contribution in [0.3, 0.4) is 0 Å². The van der Waals surface area contributed by atoms with Crippen LogP contribution in [-0.2, 0) is 26.2 Å². The monoisotopic (exact) mass is 584 g/mol. The first-order valence-corrected chi connectivity index (χ1v) is 15.9. The normalized spacial score (nSPS) is 20.6. The zero-order valence-corrected chi connectivity index (χ0v) is 25.7. The fourth-order valence-corrected chi connectivity index (χ4v) is 7.47. The SMILES string of the molecule is CC(C)(C)OC(=O)NC(Cc1c[nH]c2ccccc12)C(=O)N1CCC2(CC1)C[C@@H](C(=O)N1CCCCC1)c1ccccc12. The van der Waals surface area contributed by atoms with Crippen LogP contribution < -0.4 is 5.32 Å². The number of hydrogen-bond donors (Lipinski definition) is 2. The molecule has 6 rings (SSSR count). The van der Waals surface area contributed by atoms with E-state index in [1.165, 1.54) is 17.5 Å². The van der Waals surface area contributed by atoms with Crippen LogP contribution in [0.15, 0.2) is 54.7 Å². The number of hydrogen-bond acceptors (Lipinski definition) is 4. The summed E-state index contributed by atoms with van der Waals surface area (Å²) in [4.78, 5) is 47.9. The second kappa shape index (κ2) is 11.7. The van der Waals surface area contributed by atoms with E-state index in [0.717, 1.165) is 61.7 Å². The van der Waals surface area contributed by atoms with Crippen LogP contribution in [-0.4, -0.2) is 70.5 Å². The Kier molecular flexibility index (Phi) is 7.96. The van der Waals surface area contributed by atoms with Crippen LogP contribution in [0.1, 0.15) is 81.9 Å². The molecule has 8 heteroatoms. The number of fused-ring (bicyclic) bond motifs is 3. The molecule has 3 heterocycles. The van der Waals surface area contributed by atoms with Gasteiger partial charge in [-0.15, -0.1) is 0 Å². The topological polar surface area (TPSA) is 94.7 Å². The quantitative estimate of drug-likeness (QED) is 0.405. The molecule has 43 heavy (non-hydrogen) atoms. The third kappa shape index (κ3) is 6.01. The van der Waals surface area contributed by atoms with Gasteiger partial charge < -0.3 is 24.8 Å². The lowest BCUT2D eigenvalue weighted by molar-refractivity contribution is -0.136. The largest absolute Gasteiger partial charge is 0.444 e. The second-order valence-electron chi connectivity index (χ2n) is 13.6. The molecular formula is C35H44N4O4. The first-order valence-electron chi connectivity index (χ1n) is 15.9. The fraction of sp³-hybridized carbons (Fsp3) is 0.514. The average molecular weight is 585 g/mol. The number of ether oxygens (including phenoxy) is 1. The second-order valence-corrected chi connectivity index (χ2v) is 13.6. The number of piperidine rings is 2. The van der Waals surface area contributed by atoms with E-state index in [1.54, 1.807) is 0 Å². The lowest BCUT2D eigenvalue weighted by atomic mass is 9.73. The number of para-hydroxylation sites is 1. The first kappa shape index (κ1) is 29.3. The van der Waals surface area contributed by atoms with Crippen molar-refractivity contribution in [2.24, 2.45) is 0 Å². The molecule has 2 atom stereocenters. The predicted molar refractivity (Wildman–Crippen MR) is 167 cm³/mol. The highest BCUT2D eigenvalue weighted by molar-refractivity contribution is 5.89. The summed E-state index contributed by atoms with van der Waals surface area (Å²) in [7, 11) is 0. The van der Waals surface area contributed by atoms with E-state index in [1.807, 2.05) is 62.2 Å². The maximum Gasteiger partial charge on any atom is 0.408 e. The number of benzene rings is 2. The third-order valence-electron chi connectivity index (χ3n) is 9.59. The van der Waals surface area contributed by atoms with Crippen molar-refractivity contribution < 1.29 is 19.1 Å². The number of aromatic amines is 1. The summed E-state index contributed by atoms with van der Waals surface area (Å²) < 4.78 is 5.55. The number of carbonyl (C=O) groups excluding carboxylic acids is 3. The lowest BCUT2D eigenvalue weighted by Crippen LogP contribution is -2.54. The van der Waals surface area contributed by atoms with Gasteiger partial charge in [-0.25, -0.2) is 4.79 Å². The number of aromatic nitrogens is 1. The molecule has 0 saturated carbocycles. The summed E-state index contributed by atoms with van der Waals surface area (Å²) in [5.74, 6) is 0.0566. The van der Waals surface area contributed by atoms with Gasteiger partial charge in [-0.2, -0.15) is 0 Å². The van der Waals surface area contributed by atoms with Crippen molar-refractivity contribution in [2.75, 3.05) is 26.2 Å². The van der Waals surface area contributed by atoms with E-state index in [4.69, 9.17) is 4.74 Å². The van der Waals surface area contributed by atoms with Gasteiger partial charge in [0.2, 0.25) is 11.8 Å². The lowest BCUT2D eigenvalue weighted by Gasteiger charge is -2.41. The summed E-state index contributed by atoms with van der Waals surface area (Å²) in [6, 6.07) is 15.7. The van der Waals surface area contributed by atoms with Crippen molar-refractivity contribution in [1.82, 2.24) is 20.1 Å². The molecule has 3 amide bonds. The van der Waals surface area contributed by atoms with E-state index in [2.05, 4.69) is 33.4 Å². The molecule has 228 valence electrons. The molecule has 3 aromatic rings. The molecule has 2 aromatic carbocycles. The Morgan fingerprint density at radius 1 is 0.953 bits per heavy atom. The number of nitrogens with one attached hydrogen (secondary N) is 2. The fourth-order valence-electron chi connectivity index (χ4n) is 7.47. The minimum Gasteiger partial charge on any atom is -0.444 e. The van der Waals surface area contributed by atoms with Crippen LogP contribution in [0.25, 0.3) is 10.9 Å². The van der Waals surface area contributed by atoms with Gasteiger partial charge in [-0.1, -0.05) is 42.5 Å². The van der Waals surface area contributed by atoms with Crippen molar-refractivity contribution in [3.63, 3.8) is 0 Å². The Balaban J connectivity index is 1.19. The molecule has 0 radical (unpaired) electrons. The molecule has 0 bridgehead atoms. The molecule has 1 unspecified atom stereocenters. The maximum absolute atomic E-state index is 14.1. The van der Waals surface area contributed by atoms with Crippen molar-refractivity contribution in [1.29, 1.82) is 0 Å². The molecule has 1 aromatic heterocycles. The zero-order valence-electron chi connectivity index (χ0n) is 25.7. The summed E-state index contributed by atoms with van der Waals surface area (Å²) in [6.45, 7) is 8.32. The van der Waals surface area contributed by atoms with E-state index >= 15 is 0 Å². The molecule has 2 fully saturated rings. The van der Waals surface area contributed by atoms with Crippen molar-refractivity contribution in [3.8, 4) is 0 Å². The average Bonchev–Trinajstić information content (AvgIpc) is 3.55. The molecule has 2 aliphatic heterocycles. The molecule has 2 N–H and O–H groups in total. The van der Waals surface area contributed by atoms with Crippen molar-refractivity contribution in [3.05, 3.63) is 71.4 Å². The zero-order chi connectivity index (χ0) is 30.2. The highest BCUT2D eigenvalue weighted by Gasteiger charge is 2.49. The number of H-pyrrole nitrogens is 1. The number of rotatable bonds is 5. The standard InChI is InChI=1S/C35H44N4O4/c1-34(2,3)43-33(42)37-30(21-24-23-36-29-14-8-6-11-25(24)29)32(41)39-19-15-35(16-20-39)22-27(26-12-5-7-13-28(26)35)31(40)38-17-9-4-10-18-38/h5-8,11-14,23,27,30,36H,4,9-10,15-22H2,1-3H3,(H,37,42)/t27-,30?/m1/s1. The highest BCUT2D eigenvalue weighted by atomic mass is 16.6. The summed E-state index contributed by atoms with van der Waals surface area (Å²) in [6.07, 6.45) is 7.45. The van der Waals surface area contributed by atoms with Gasteiger partial charge in [0.05, 0.1) is 5.92 Å². The van der Waals surface area contributed by atoms with Crippen molar-refractivity contribution in [2.45, 2.75) is 88.7 Å². The number of nitrogens with zero attached hydrogens (tertiary/aromatic N) is 2. The first-order chi connectivity index (χ1) is 20.6. The Bertz CT molecular complexity index is 1490. The van der Waals surface area contributed by atoms with Gasteiger partial charge in [0, 0.05) is 55.1 Å². The number of likely N-dealkylation sites (tertiary alicyclic amines) is 2. The van der Waals surface area contributed by atoms with Crippen LogP contribution in [0.2, 0.25) is 0 Å². The molecule has 1 spiro atoms. The summed E-state index contributed by atoms with van der Waals surface area (Å²) in [5.41, 5.74) is 3.63. The van der Waals surface area contributed by atoms with E-state index in [0.29, 0.717) is 19.5 Å². The molecular weight excluding hydrogens is 540 g/mol. The van der Waals surface area contributed by atoms with Crippen LogP contribution >= 0.6 is 0 Å². The minimum atomic E-state index is -0.757. The van der Waals surface area contributed by atoms with Crippen LogP contribution in [0, 0.1) is 0 Å². The minimum absolute atomic E-state index is 0.0989. The number of amides is 3. The van der Waals surface area contributed by atoms with Gasteiger partial charge in [-0.05, 0) is 82.1 Å². The van der Waals surface area contributed by atoms with E-state index in [-0.39, 0.29) is 23.1 Å². The molecule has 2 saturated heterocycles. The molecule has 1 aliphatic carbocycles. The number of carbonyl (C=O) groups is 3. The Morgan fingerprint density at radius 3 is 2.40 bits per heavy atom. The molecule has 8 nitrogen and oxygen atoms in total. The van der Waals surface area contributed by atoms with Gasteiger partial charge >= 0.3 is 6.09 Å².